The Balaban J connectivity index is 0.510. The quantitative estimate of drug-likeness (QED) is 0.0569. The van der Waals surface area contributed by atoms with E-state index in [-0.39, 0.29) is 0 Å². The molecule has 6 rings (SSSR count). The van der Waals surface area contributed by atoms with Crippen LogP contribution in [-0.4, -0.2) is 434 Å². The van der Waals surface area contributed by atoms with Crippen molar-refractivity contribution in [1.29, 1.82) is 0 Å². The molecule has 2 atom stereocenters. The molecule has 4 aromatic rings. The highest BCUT2D eigenvalue weighted by Crippen LogP contribution is 2.33. The Kier molecular flexibility index (Phi) is 65.0. The fraction of sp³-hybridized carbons (Fsp3) is 0.825. The van der Waals surface area contributed by atoms with E-state index in [1.165, 1.54) is 24.0 Å². The van der Waals surface area contributed by atoms with Crippen LogP contribution >= 0.6 is 0 Å². The average Bonchev–Trinajstić information content (AvgIpc) is 1.71. The highest BCUT2D eigenvalue weighted by molar-refractivity contribution is 5.58. The Morgan fingerprint density at radius 1 is 0.239 bits per heavy atom. The molecule has 2 unspecified atom stereocenters. The molecule has 37 heteroatoms. The van der Waals surface area contributed by atoms with Gasteiger partial charge in [0.05, 0.1) is 382 Å². The minimum atomic E-state index is 0.413. The highest BCUT2D eigenvalue weighted by Gasteiger charge is 2.25. The van der Waals surface area contributed by atoms with Gasteiger partial charge in [-0.25, -0.2) is 9.36 Å². The fourth-order valence-corrected chi connectivity index (χ4v) is 11.4. The molecule has 672 valence electrons. The van der Waals surface area contributed by atoms with Crippen LogP contribution in [0.2, 0.25) is 0 Å². The number of pyridine rings is 2. The summed E-state index contributed by atoms with van der Waals surface area (Å²) in [7, 11) is 4.33. The molecule has 6 heterocycles. The lowest BCUT2D eigenvalue weighted by Crippen LogP contribution is -2.17. The monoisotopic (exact) mass is 1670 g/mol. The predicted octanol–water partition coefficient (Wildman–Crippen LogP) is 3.68. The van der Waals surface area contributed by atoms with Crippen molar-refractivity contribution in [3.05, 3.63) is 60.4 Å². The van der Waals surface area contributed by atoms with E-state index in [0.29, 0.717) is 382 Å². The number of aromatic nitrogens is 8. The fourth-order valence-electron chi connectivity index (χ4n) is 11.4. The number of rotatable bonds is 88. The Bertz CT molecular complexity index is 2640. The number of hydrogen-bond donors (Lipinski definition) is 0. The van der Waals surface area contributed by atoms with E-state index in [0.717, 1.165) is 48.4 Å². The molecule has 0 amide bonds. The summed E-state index contributed by atoms with van der Waals surface area (Å²) in [6.45, 7) is 29.6. The molecule has 0 bridgehead atoms. The summed E-state index contributed by atoms with van der Waals surface area (Å²) in [6.07, 6.45) is 16.2. The Hall–Kier alpha value is -4.58. The van der Waals surface area contributed by atoms with Crippen molar-refractivity contribution in [2.45, 2.75) is 50.9 Å². The van der Waals surface area contributed by atoms with Gasteiger partial charge in [-0.1, -0.05) is 10.4 Å². The van der Waals surface area contributed by atoms with Crippen molar-refractivity contribution in [2.75, 3.05) is 384 Å². The molecule has 4 aromatic heterocycles. The van der Waals surface area contributed by atoms with Gasteiger partial charge in [0.25, 0.3) is 0 Å². The van der Waals surface area contributed by atoms with Crippen molar-refractivity contribution in [1.82, 2.24) is 49.8 Å². The molecular formula is C80H140N10O27. The first-order valence-corrected chi connectivity index (χ1v) is 41.8. The standard InChI is InChI=1S/C80H140N10O27/c1-87-7-3-5-79(87)75-65-73(67-81-69-75)77-71-89(85-83-77)9-11-91-13-15-93-17-19-95-21-23-97-25-27-99-29-31-101-33-35-103-37-39-105-41-43-107-45-47-109-49-51-111-53-55-113-57-59-115-61-63-117-64-62-116-60-58-114-56-54-112-52-50-110-48-46-108-44-42-106-40-38-104-36-34-102-32-30-100-28-26-98-24-22-96-20-18-94-16-14-92-12-10-90-72-78(84-86-90)74-66-76(70-82-68-74)80-6-4-8-88(80)2/h65-72,79-80H,3-64H2,1-2H3. The Morgan fingerprint density at radius 3 is 0.573 bits per heavy atom. The van der Waals surface area contributed by atoms with Crippen molar-refractivity contribution >= 4 is 0 Å². The smallest absolute Gasteiger partial charge is 0.114 e. The van der Waals surface area contributed by atoms with Gasteiger partial charge in [-0.05, 0) is 76.1 Å². The van der Waals surface area contributed by atoms with E-state index < -0.39 is 0 Å². The Labute approximate surface area is 692 Å². The number of hydrogen-bond acceptors (Lipinski definition) is 35. The summed E-state index contributed by atoms with van der Waals surface area (Å²) >= 11 is 0. The summed E-state index contributed by atoms with van der Waals surface area (Å²) in [4.78, 5) is 13.7. The first kappa shape index (κ1) is 101. The van der Waals surface area contributed by atoms with Gasteiger partial charge in [0, 0.05) is 48.0 Å². The minimum Gasteiger partial charge on any atom is -0.377 e. The molecular weight excluding hydrogens is 1530 g/mol. The van der Waals surface area contributed by atoms with Crippen LogP contribution in [0.1, 0.15) is 48.9 Å². The summed E-state index contributed by atoms with van der Waals surface area (Å²) in [6, 6.07) is 5.18. The maximum atomic E-state index is 5.71. The van der Waals surface area contributed by atoms with Crippen LogP contribution in [-0.2, 0) is 141 Å². The SMILES string of the molecule is CN1CCCC1c1cncc(-c2cn(CCOCCOCCOCCOCCOCCOCCOCCOCCOCCOCCOCCOCCOCCOCCOCCOCCOCCOCCOCCOCCOCCOCCOCCOCCOCCOCCOCCn3cc(-c4cncc(C5CCCN5C)c4)nn3)nn2)c1. The maximum Gasteiger partial charge on any atom is 0.114 e. The van der Waals surface area contributed by atoms with Crippen LogP contribution in [0, 0.1) is 0 Å². The molecule has 2 fully saturated rings. The number of nitrogens with zero attached hydrogens (tertiary/aromatic N) is 10. The zero-order valence-electron chi connectivity index (χ0n) is 70.1. The second-order valence-electron chi connectivity index (χ2n) is 26.6. The first-order chi connectivity index (χ1) is 58.1. The van der Waals surface area contributed by atoms with Crippen molar-refractivity contribution in [3.63, 3.8) is 0 Å². The zero-order chi connectivity index (χ0) is 81.8. The molecule has 0 N–H and O–H groups in total. The normalized spacial score (nSPS) is 14.8. The lowest BCUT2D eigenvalue weighted by Gasteiger charge is -2.19. The zero-order valence-corrected chi connectivity index (χ0v) is 70.1. The Morgan fingerprint density at radius 2 is 0.410 bits per heavy atom. The van der Waals surface area contributed by atoms with Gasteiger partial charge < -0.3 is 128 Å². The lowest BCUT2D eigenvalue weighted by atomic mass is 10.0. The van der Waals surface area contributed by atoms with Crippen LogP contribution in [0.5, 0.6) is 0 Å². The lowest BCUT2D eigenvalue weighted by molar-refractivity contribution is -0.0323. The third-order valence-electron chi connectivity index (χ3n) is 17.6. The second kappa shape index (κ2) is 75.2. The van der Waals surface area contributed by atoms with Crippen LogP contribution in [0.25, 0.3) is 22.5 Å². The third kappa shape index (κ3) is 55.2. The van der Waals surface area contributed by atoms with Crippen LogP contribution < -0.4 is 0 Å². The van der Waals surface area contributed by atoms with Crippen LogP contribution in [0.3, 0.4) is 0 Å². The van der Waals surface area contributed by atoms with E-state index in [4.69, 9.17) is 128 Å². The van der Waals surface area contributed by atoms with E-state index in [2.05, 4.69) is 66.6 Å². The van der Waals surface area contributed by atoms with Gasteiger partial charge >= 0.3 is 0 Å². The van der Waals surface area contributed by atoms with Gasteiger partial charge in [-0.2, -0.15) is 0 Å². The number of likely N-dealkylation sites (tertiary alicyclic amines) is 2. The minimum absolute atomic E-state index is 0.413. The van der Waals surface area contributed by atoms with Crippen LogP contribution in [0.15, 0.2) is 49.3 Å². The molecule has 0 aromatic carbocycles. The summed E-state index contributed by atoms with van der Waals surface area (Å²) in [5.74, 6) is 0. The molecule has 0 radical (unpaired) electrons. The summed E-state index contributed by atoms with van der Waals surface area (Å²) in [5, 5.41) is 17.2. The molecule has 2 aliphatic rings. The van der Waals surface area contributed by atoms with Crippen molar-refractivity contribution < 1.29 is 128 Å². The van der Waals surface area contributed by atoms with Gasteiger partial charge in [-0.15, -0.1) is 10.2 Å². The molecule has 0 spiro atoms. The molecule has 37 nitrogen and oxygen atoms in total. The highest BCUT2D eigenvalue weighted by atomic mass is 16.6. The molecule has 2 saturated heterocycles. The largest absolute Gasteiger partial charge is 0.377 e. The molecule has 0 saturated carbocycles. The first-order valence-electron chi connectivity index (χ1n) is 41.8. The van der Waals surface area contributed by atoms with Gasteiger partial charge in [0.2, 0.25) is 0 Å². The van der Waals surface area contributed by atoms with E-state index in [9.17, 15) is 0 Å². The van der Waals surface area contributed by atoms with E-state index >= 15 is 0 Å². The number of ether oxygens (including phenoxy) is 27. The van der Waals surface area contributed by atoms with Crippen LogP contribution in [0.4, 0.5) is 0 Å². The average molecular weight is 1670 g/mol. The molecule has 117 heavy (non-hydrogen) atoms. The van der Waals surface area contributed by atoms with Gasteiger partial charge in [0.1, 0.15) is 11.4 Å². The van der Waals surface area contributed by atoms with E-state index in [1.807, 2.05) is 37.2 Å². The third-order valence-corrected chi connectivity index (χ3v) is 17.6. The van der Waals surface area contributed by atoms with E-state index in [1.54, 1.807) is 9.36 Å². The predicted molar refractivity (Wildman–Crippen MR) is 428 cm³/mol. The molecule has 2 aliphatic heterocycles. The van der Waals surface area contributed by atoms with Crippen molar-refractivity contribution in [2.24, 2.45) is 0 Å². The molecule has 0 aliphatic carbocycles. The van der Waals surface area contributed by atoms with Gasteiger partial charge in [-0.3, -0.25) is 19.8 Å². The summed E-state index contributed by atoms with van der Waals surface area (Å²) in [5.41, 5.74) is 6.03. The van der Waals surface area contributed by atoms with Crippen molar-refractivity contribution in [3.8, 4) is 22.5 Å². The maximum absolute atomic E-state index is 5.71. The van der Waals surface area contributed by atoms with Gasteiger partial charge in [0.15, 0.2) is 0 Å². The topological polar surface area (TPSA) is 343 Å². The summed E-state index contributed by atoms with van der Waals surface area (Å²) < 4.78 is 154. The second-order valence-corrected chi connectivity index (χ2v) is 26.6.